The van der Waals surface area contributed by atoms with Crippen molar-refractivity contribution >= 4 is 17.8 Å². The first-order valence-corrected chi connectivity index (χ1v) is 4.51. The summed E-state index contributed by atoms with van der Waals surface area (Å²) in [5.74, 6) is -1.57. The molecular formula is C7H12N6O3. The predicted molar refractivity (Wildman–Crippen MR) is 52.0 cm³/mol. The van der Waals surface area contributed by atoms with Gasteiger partial charge in [0.1, 0.15) is 0 Å². The summed E-state index contributed by atoms with van der Waals surface area (Å²) in [5.41, 5.74) is 5.33. The molecule has 9 heteroatoms. The summed E-state index contributed by atoms with van der Waals surface area (Å²) in [6.07, 6.45) is 0. The molecule has 1 aromatic rings. The normalized spacial score (nSPS) is 11.9. The highest BCUT2D eigenvalue weighted by Gasteiger charge is 2.24. The van der Waals surface area contributed by atoms with Crippen molar-refractivity contribution in [3.8, 4) is 0 Å². The van der Waals surface area contributed by atoms with E-state index >= 15 is 0 Å². The Bertz CT molecular complexity index is 389. The van der Waals surface area contributed by atoms with Gasteiger partial charge in [-0.05, 0) is 12.1 Å². The minimum Gasteiger partial charge on any atom is -0.464 e. The number of nitrogens with one attached hydrogen (secondary N) is 1. The molecule has 1 heterocycles. The van der Waals surface area contributed by atoms with Crippen molar-refractivity contribution in [3.05, 3.63) is 0 Å². The van der Waals surface area contributed by atoms with E-state index in [9.17, 15) is 9.59 Å². The molecule has 0 bridgehead atoms. The van der Waals surface area contributed by atoms with E-state index < -0.39 is 17.9 Å². The van der Waals surface area contributed by atoms with Gasteiger partial charge in [-0.25, -0.2) is 4.79 Å². The second kappa shape index (κ2) is 5.16. The molecule has 0 spiro atoms. The van der Waals surface area contributed by atoms with Gasteiger partial charge in [0.2, 0.25) is 0 Å². The molecule has 0 aliphatic carbocycles. The number of aryl methyl sites for hydroxylation is 1. The Morgan fingerprint density at radius 3 is 2.81 bits per heavy atom. The van der Waals surface area contributed by atoms with Gasteiger partial charge in [-0.3, -0.25) is 10.1 Å². The zero-order valence-corrected chi connectivity index (χ0v) is 8.88. The number of aromatic nitrogens is 4. The van der Waals surface area contributed by atoms with Crippen LogP contribution in [0, 0.1) is 0 Å². The molecule has 88 valence electrons. The number of hydrogen-bond donors (Lipinski definition) is 2. The molecule has 1 unspecified atom stereocenters. The summed E-state index contributed by atoms with van der Waals surface area (Å²) in [6, 6.07) is -1.40. The van der Waals surface area contributed by atoms with E-state index in [0.717, 1.165) is 4.80 Å². The fourth-order valence-corrected chi connectivity index (χ4v) is 0.861. The van der Waals surface area contributed by atoms with Gasteiger partial charge in [-0.1, -0.05) is 5.10 Å². The summed E-state index contributed by atoms with van der Waals surface area (Å²) in [6.45, 7) is 1.77. The third kappa shape index (κ3) is 2.98. The molecule has 0 aromatic carbocycles. The SMILES string of the molecule is CCOC(=O)C(N)C(=O)Nc1nnn(C)n1. The molecule has 1 atom stereocenters. The molecule has 1 aromatic heterocycles. The molecule has 0 saturated carbocycles. The summed E-state index contributed by atoms with van der Waals surface area (Å²) in [4.78, 5) is 23.7. The molecule has 1 amide bonds. The molecule has 16 heavy (non-hydrogen) atoms. The fourth-order valence-electron chi connectivity index (χ4n) is 0.861. The van der Waals surface area contributed by atoms with Crippen LogP contribution in [0.3, 0.4) is 0 Å². The van der Waals surface area contributed by atoms with Crippen LogP contribution in [-0.4, -0.2) is 44.7 Å². The largest absolute Gasteiger partial charge is 0.464 e. The molecule has 0 fully saturated rings. The summed E-state index contributed by atoms with van der Waals surface area (Å²) < 4.78 is 4.58. The maximum Gasteiger partial charge on any atom is 0.332 e. The van der Waals surface area contributed by atoms with Crippen LogP contribution >= 0.6 is 0 Å². The van der Waals surface area contributed by atoms with E-state index in [1.54, 1.807) is 6.92 Å². The van der Waals surface area contributed by atoms with Crippen LogP contribution in [0.2, 0.25) is 0 Å². The average Bonchev–Trinajstić information content (AvgIpc) is 2.63. The van der Waals surface area contributed by atoms with E-state index in [2.05, 4.69) is 25.5 Å². The molecule has 3 N–H and O–H groups in total. The van der Waals surface area contributed by atoms with Gasteiger partial charge in [-0.15, -0.1) is 5.10 Å². The maximum absolute atomic E-state index is 11.4. The number of carbonyl (C=O) groups excluding carboxylic acids is 2. The highest BCUT2D eigenvalue weighted by Crippen LogP contribution is 1.95. The highest BCUT2D eigenvalue weighted by atomic mass is 16.5. The quantitative estimate of drug-likeness (QED) is 0.452. The van der Waals surface area contributed by atoms with Gasteiger partial charge in [0.05, 0.1) is 13.7 Å². The number of ether oxygens (including phenoxy) is 1. The Morgan fingerprint density at radius 2 is 2.31 bits per heavy atom. The summed E-state index contributed by atoms with van der Waals surface area (Å²) in [5, 5.41) is 12.9. The first kappa shape index (κ1) is 12.0. The van der Waals surface area contributed by atoms with Crippen LogP contribution in [0.4, 0.5) is 5.95 Å². The van der Waals surface area contributed by atoms with Crippen LogP contribution in [0.1, 0.15) is 6.92 Å². The van der Waals surface area contributed by atoms with E-state index in [4.69, 9.17) is 5.73 Å². The lowest BCUT2D eigenvalue weighted by atomic mass is 10.3. The smallest absolute Gasteiger partial charge is 0.332 e. The molecule has 0 aliphatic heterocycles. The molecule has 9 nitrogen and oxygen atoms in total. The maximum atomic E-state index is 11.4. The van der Waals surface area contributed by atoms with Gasteiger partial charge in [0.15, 0.2) is 6.04 Å². The second-order valence-corrected chi connectivity index (χ2v) is 2.82. The zero-order chi connectivity index (χ0) is 12.1. The number of hydrogen-bond acceptors (Lipinski definition) is 7. The van der Waals surface area contributed by atoms with Crippen molar-refractivity contribution in [2.75, 3.05) is 11.9 Å². The predicted octanol–water partition coefficient (Wildman–Crippen LogP) is -1.96. The monoisotopic (exact) mass is 228 g/mol. The van der Waals surface area contributed by atoms with E-state index in [-0.39, 0.29) is 12.6 Å². The number of carbonyl (C=O) groups is 2. The number of anilines is 1. The number of esters is 1. The topological polar surface area (TPSA) is 125 Å². The van der Waals surface area contributed by atoms with Crippen molar-refractivity contribution in [2.45, 2.75) is 13.0 Å². The lowest BCUT2D eigenvalue weighted by Crippen LogP contribution is -2.43. The Kier molecular flexibility index (Phi) is 3.89. The fraction of sp³-hybridized carbons (Fsp3) is 0.571. The third-order valence-corrected chi connectivity index (χ3v) is 1.57. The number of nitrogens with two attached hydrogens (primary N) is 1. The Labute approximate surface area is 90.9 Å². The second-order valence-electron chi connectivity index (χ2n) is 2.82. The Balaban J connectivity index is 2.55. The number of tetrazole rings is 1. The van der Waals surface area contributed by atoms with E-state index in [1.807, 2.05) is 0 Å². The highest BCUT2D eigenvalue weighted by molar-refractivity contribution is 6.07. The van der Waals surface area contributed by atoms with Crippen molar-refractivity contribution in [2.24, 2.45) is 12.8 Å². The Morgan fingerprint density at radius 1 is 1.62 bits per heavy atom. The van der Waals surface area contributed by atoms with Crippen LogP contribution in [0.25, 0.3) is 0 Å². The van der Waals surface area contributed by atoms with Crippen LogP contribution in [0.15, 0.2) is 0 Å². The van der Waals surface area contributed by atoms with Crippen LogP contribution in [0.5, 0.6) is 0 Å². The molecule has 0 saturated heterocycles. The van der Waals surface area contributed by atoms with Crippen LogP contribution < -0.4 is 11.1 Å². The minimum absolute atomic E-state index is 0.0211. The number of amides is 1. The lowest BCUT2D eigenvalue weighted by Gasteiger charge is -2.08. The van der Waals surface area contributed by atoms with Crippen molar-refractivity contribution in [1.29, 1.82) is 0 Å². The molecule has 0 radical (unpaired) electrons. The van der Waals surface area contributed by atoms with Gasteiger partial charge >= 0.3 is 5.97 Å². The molecular weight excluding hydrogens is 216 g/mol. The number of nitrogens with zero attached hydrogens (tertiary/aromatic N) is 4. The molecule has 1 rings (SSSR count). The standard InChI is InChI=1S/C7H12N6O3/c1-3-16-6(15)4(8)5(14)9-7-10-12-13(2)11-7/h4H,3,8H2,1-2H3,(H,9,11,14). The van der Waals surface area contributed by atoms with Crippen LogP contribution in [-0.2, 0) is 21.4 Å². The van der Waals surface area contributed by atoms with Gasteiger partial charge in [0, 0.05) is 0 Å². The summed E-state index contributed by atoms with van der Waals surface area (Å²) in [7, 11) is 1.54. The van der Waals surface area contributed by atoms with Crippen molar-refractivity contribution < 1.29 is 14.3 Å². The first-order valence-electron chi connectivity index (χ1n) is 4.51. The lowest BCUT2D eigenvalue weighted by molar-refractivity contribution is -0.146. The summed E-state index contributed by atoms with van der Waals surface area (Å²) >= 11 is 0. The zero-order valence-electron chi connectivity index (χ0n) is 8.88. The minimum atomic E-state index is -1.40. The Hall–Kier alpha value is -2.03. The average molecular weight is 228 g/mol. The first-order chi connectivity index (χ1) is 7.54. The van der Waals surface area contributed by atoms with Gasteiger partial charge in [0.25, 0.3) is 11.9 Å². The van der Waals surface area contributed by atoms with Gasteiger partial charge < -0.3 is 10.5 Å². The van der Waals surface area contributed by atoms with E-state index in [1.165, 1.54) is 7.05 Å². The third-order valence-electron chi connectivity index (χ3n) is 1.57. The van der Waals surface area contributed by atoms with Gasteiger partial charge in [-0.2, -0.15) is 4.80 Å². The van der Waals surface area contributed by atoms with E-state index in [0.29, 0.717) is 0 Å². The molecule has 0 aliphatic rings. The van der Waals surface area contributed by atoms with Crippen molar-refractivity contribution in [1.82, 2.24) is 20.2 Å². The van der Waals surface area contributed by atoms with Crippen molar-refractivity contribution in [3.63, 3.8) is 0 Å². The number of rotatable bonds is 4.